The number of aromatic carboxylic acids is 1. The van der Waals surface area contributed by atoms with Crippen LogP contribution < -0.4 is 4.72 Å². The Balaban J connectivity index is 2.19. The largest absolute Gasteiger partial charge is 0.478 e. The second-order valence-corrected chi connectivity index (χ2v) is 6.38. The van der Waals surface area contributed by atoms with E-state index in [0.29, 0.717) is 17.1 Å². The van der Waals surface area contributed by atoms with Gasteiger partial charge in [0, 0.05) is 13.1 Å². The van der Waals surface area contributed by atoms with E-state index in [2.05, 4.69) is 9.82 Å². The number of aromatic nitrogens is 2. The Morgan fingerprint density at radius 2 is 2.10 bits per heavy atom. The highest BCUT2D eigenvalue weighted by molar-refractivity contribution is 7.91. The fourth-order valence-electron chi connectivity index (χ4n) is 1.92. The molecule has 0 saturated heterocycles. The van der Waals surface area contributed by atoms with E-state index in [1.165, 1.54) is 22.9 Å². The average Bonchev–Trinajstić information content (AvgIpc) is 2.66. The molecule has 2 rings (SSSR count). The Morgan fingerprint density at radius 1 is 1.38 bits per heavy atom. The van der Waals surface area contributed by atoms with E-state index in [0.717, 1.165) is 0 Å². The molecule has 0 unspecified atom stereocenters. The molecule has 0 bridgehead atoms. The SMILES string of the molecule is Cc1cc(NS(=O)(=O)Cc2cccc(C(=O)O)c2)n(C)n1. The smallest absolute Gasteiger partial charge is 0.335 e. The van der Waals surface area contributed by atoms with Crippen LogP contribution in [0.1, 0.15) is 21.6 Å². The van der Waals surface area contributed by atoms with Gasteiger partial charge in [-0.2, -0.15) is 5.10 Å². The summed E-state index contributed by atoms with van der Waals surface area (Å²) in [4.78, 5) is 10.9. The molecule has 2 aromatic rings. The van der Waals surface area contributed by atoms with Crippen LogP contribution in [-0.4, -0.2) is 29.3 Å². The number of nitrogens with one attached hydrogen (secondary N) is 1. The number of carboxylic acids is 1. The van der Waals surface area contributed by atoms with Crippen molar-refractivity contribution in [3.63, 3.8) is 0 Å². The Kier molecular flexibility index (Phi) is 3.99. The van der Waals surface area contributed by atoms with E-state index in [1.54, 1.807) is 26.1 Å². The maximum absolute atomic E-state index is 12.1. The van der Waals surface area contributed by atoms with Gasteiger partial charge in [-0.05, 0) is 24.6 Å². The fraction of sp³-hybridized carbons (Fsp3) is 0.231. The minimum absolute atomic E-state index is 0.0547. The summed E-state index contributed by atoms with van der Waals surface area (Å²) >= 11 is 0. The maximum Gasteiger partial charge on any atom is 0.335 e. The molecule has 0 fully saturated rings. The summed E-state index contributed by atoms with van der Waals surface area (Å²) < 4.78 is 28.1. The van der Waals surface area contributed by atoms with Crippen LogP contribution in [-0.2, 0) is 22.8 Å². The summed E-state index contributed by atoms with van der Waals surface area (Å²) in [5.41, 5.74) is 1.16. The van der Waals surface area contributed by atoms with Gasteiger partial charge in [0.2, 0.25) is 10.0 Å². The molecule has 0 aliphatic heterocycles. The van der Waals surface area contributed by atoms with Crippen LogP contribution >= 0.6 is 0 Å². The minimum Gasteiger partial charge on any atom is -0.478 e. The number of sulfonamides is 1. The summed E-state index contributed by atoms with van der Waals surface area (Å²) in [5.74, 6) is -1.04. The van der Waals surface area contributed by atoms with Crippen molar-refractivity contribution in [3.8, 4) is 0 Å². The van der Waals surface area contributed by atoms with E-state index in [1.807, 2.05) is 0 Å². The van der Waals surface area contributed by atoms with Crippen LogP contribution in [0, 0.1) is 6.92 Å². The van der Waals surface area contributed by atoms with E-state index in [4.69, 9.17) is 5.11 Å². The zero-order chi connectivity index (χ0) is 15.6. The third-order valence-corrected chi connectivity index (χ3v) is 4.03. The van der Waals surface area contributed by atoms with Gasteiger partial charge in [-0.25, -0.2) is 13.2 Å². The molecule has 0 aliphatic rings. The van der Waals surface area contributed by atoms with E-state index in [9.17, 15) is 13.2 Å². The molecule has 0 amide bonds. The van der Waals surface area contributed by atoms with Gasteiger partial charge < -0.3 is 5.11 Å². The monoisotopic (exact) mass is 309 g/mol. The summed E-state index contributed by atoms with van der Waals surface area (Å²) in [6.07, 6.45) is 0. The average molecular weight is 309 g/mol. The van der Waals surface area contributed by atoms with Crippen molar-refractivity contribution in [2.45, 2.75) is 12.7 Å². The van der Waals surface area contributed by atoms with Crippen LogP contribution in [0.15, 0.2) is 30.3 Å². The number of carbonyl (C=O) groups is 1. The summed E-state index contributed by atoms with van der Waals surface area (Å²) in [7, 11) is -2.01. The van der Waals surface area contributed by atoms with Crippen molar-refractivity contribution >= 4 is 21.8 Å². The zero-order valence-corrected chi connectivity index (χ0v) is 12.4. The lowest BCUT2D eigenvalue weighted by Gasteiger charge is -2.08. The third kappa shape index (κ3) is 3.82. The molecule has 0 aliphatic carbocycles. The molecule has 1 heterocycles. The number of hydrogen-bond acceptors (Lipinski definition) is 4. The van der Waals surface area contributed by atoms with Gasteiger partial charge >= 0.3 is 5.97 Å². The van der Waals surface area contributed by atoms with Gasteiger partial charge in [0.05, 0.1) is 17.0 Å². The molecule has 1 aromatic carbocycles. The second-order valence-electron chi connectivity index (χ2n) is 4.66. The van der Waals surface area contributed by atoms with Gasteiger partial charge in [0.25, 0.3) is 0 Å². The topological polar surface area (TPSA) is 101 Å². The Labute approximate surface area is 122 Å². The molecule has 21 heavy (non-hydrogen) atoms. The molecular weight excluding hydrogens is 294 g/mol. The number of anilines is 1. The molecular formula is C13H15N3O4S. The number of rotatable bonds is 5. The van der Waals surface area contributed by atoms with E-state index in [-0.39, 0.29) is 11.3 Å². The summed E-state index contributed by atoms with van der Waals surface area (Å²) in [5, 5.41) is 13.0. The molecule has 0 saturated carbocycles. The van der Waals surface area contributed by atoms with Crippen molar-refractivity contribution in [2.24, 2.45) is 7.05 Å². The first-order valence-electron chi connectivity index (χ1n) is 6.10. The highest BCUT2D eigenvalue weighted by Crippen LogP contribution is 2.14. The van der Waals surface area contributed by atoms with Gasteiger partial charge in [-0.15, -0.1) is 0 Å². The lowest BCUT2D eigenvalue weighted by Crippen LogP contribution is -2.17. The van der Waals surface area contributed by atoms with Crippen molar-refractivity contribution in [1.82, 2.24) is 9.78 Å². The Bertz CT molecular complexity index is 780. The summed E-state index contributed by atoms with van der Waals surface area (Å²) in [6.45, 7) is 1.76. The molecule has 2 N–H and O–H groups in total. The summed E-state index contributed by atoms with van der Waals surface area (Å²) in [6, 6.07) is 7.46. The van der Waals surface area contributed by atoms with E-state index < -0.39 is 16.0 Å². The number of nitrogens with zero attached hydrogens (tertiary/aromatic N) is 2. The quantitative estimate of drug-likeness (QED) is 0.868. The first kappa shape index (κ1) is 15.0. The lowest BCUT2D eigenvalue weighted by molar-refractivity contribution is 0.0696. The third-order valence-electron chi connectivity index (χ3n) is 2.79. The molecule has 0 spiro atoms. The highest BCUT2D eigenvalue weighted by atomic mass is 32.2. The normalized spacial score (nSPS) is 11.3. The predicted octanol–water partition coefficient (Wildman–Crippen LogP) is 1.37. The molecule has 7 nitrogen and oxygen atoms in total. The number of carboxylic acid groups (broad SMARTS) is 1. The van der Waals surface area contributed by atoms with Gasteiger partial charge in [-0.1, -0.05) is 12.1 Å². The predicted molar refractivity (Wildman–Crippen MR) is 77.6 cm³/mol. The first-order valence-corrected chi connectivity index (χ1v) is 7.75. The second kappa shape index (κ2) is 5.57. The standard InChI is InChI=1S/C13H15N3O4S/c1-9-6-12(16(2)14-9)15-21(19,20)8-10-4-3-5-11(7-10)13(17)18/h3-7,15H,8H2,1-2H3,(H,17,18). The lowest BCUT2D eigenvalue weighted by atomic mass is 10.1. The van der Waals surface area contributed by atoms with Crippen LogP contribution in [0.5, 0.6) is 0 Å². The number of hydrogen-bond donors (Lipinski definition) is 2. The Morgan fingerprint density at radius 3 is 2.67 bits per heavy atom. The van der Waals surface area contributed by atoms with Crippen molar-refractivity contribution < 1.29 is 18.3 Å². The van der Waals surface area contributed by atoms with Crippen LogP contribution in [0.2, 0.25) is 0 Å². The van der Waals surface area contributed by atoms with Gasteiger partial charge in [0.15, 0.2) is 0 Å². The van der Waals surface area contributed by atoms with Crippen molar-refractivity contribution in [1.29, 1.82) is 0 Å². The Hall–Kier alpha value is -2.35. The van der Waals surface area contributed by atoms with Crippen LogP contribution in [0.4, 0.5) is 5.82 Å². The van der Waals surface area contributed by atoms with Crippen molar-refractivity contribution in [2.75, 3.05) is 4.72 Å². The molecule has 112 valence electrons. The number of benzene rings is 1. The molecule has 1 aromatic heterocycles. The zero-order valence-electron chi connectivity index (χ0n) is 11.6. The van der Waals surface area contributed by atoms with Gasteiger partial charge in [-0.3, -0.25) is 9.40 Å². The highest BCUT2D eigenvalue weighted by Gasteiger charge is 2.15. The molecule has 8 heteroatoms. The maximum atomic E-state index is 12.1. The van der Waals surface area contributed by atoms with Crippen LogP contribution in [0.25, 0.3) is 0 Å². The molecule has 0 atom stereocenters. The van der Waals surface area contributed by atoms with E-state index >= 15 is 0 Å². The first-order chi connectivity index (χ1) is 9.77. The van der Waals surface area contributed by atoms with Crippen LogP contribution in [0.3, 0.4) is 0 Å². The number of aryl methyl sites for hydroxylation is 2. The van der Waals surface area contributed by atoms with Crippen molar-refractivity contribution in [3.05, 3.63) is 47.2 Å². The fourth-order valence-corrected chi connectivity index (χ4v) is 3.12. The minimum atomic E-state index is -3.64. The molecule has 0 radical (unpaired) electrons. The van der Waals surface area contributed by atoms with Gasteiger partial charge in [0.1, 0.15) is 5.82 Å².